The number of benzene rings is 1. The molecule has 4 heteroatoms. The molecule has 2 aromatic heterocycles. The summed E-state index contributed by atoms with van der Waals surface area (Å²) in [6, 6.07) is 13.7. The molecule has 0 saturated carbocycles. The van der Waals surface area contributed by atoms with Crippen LogP contribution in [0.2, 0.25) is 0 Å². The van der Waals surface area contributed by atoms with Gasteiger partial charge in [-0.25, -0.2) is 4.79 Å². The van der Waals surface area contributed by atoms with E-state index in [0.717, 1.165) is 16.0 Å². The van der Waals surface area contributed by atoms with Crippen LogP contribution in [-0.4, -0.2) is 12.6 Å². The topological polar surface area (TPSA) is 39.4 Å². The third-order valence-electron chi connectivity index (χ3n) is 3.09. The second kappa shape index (κ2) is 5.97. The van der Waals surface area contributed by atoms with Gasteiger partial charge in [0.1, 0.15) is 17.6 Å². The van der Waals surface area contributed by atoms with E-state index in [4.69, 9.17) is 9.15 Å². The van der Waals surface area contributed by atoms with Crippen molar-refractivity contribution in [3.63, 3.8) is 0 Å². The predicted octanol–water partition coefficient (Wildman–Crippen LogP) is 4.85. The van der Waals surface area contributed by atoms with Gasteiger partial charge >= 0.3 is 5.97 Å². The lowest BCUT2D eigenvalue weighted by Crippen LogP contribution is -2.04. The Balaban J connectivity index is 2.16. The molecule has 0 atom stereocenters. The first kappa shape index (κ1) is 13.6. The molecule has 21 heavy (non-hydrogen) atoms. The Hall–Kier alpha value is -2.33. The summed E-state index contributed by atoms with van der Waals surface area (Å²) in [5, 5.41) is 1.98. The summed E-state index contributed by atoms with van der Waals surface area (Å²) in [5.41, 5.74) is 2.21. The van der Waals surface area contributed by atoms with E-state index in [1.807, 2.05) is 47.8 Å². The minimum atomic E-state index is -0.355. The van der Waals surface area contributed by atoms with Gasteiger partial charge in [-0.05, 0) is 18.4 Å². The second-order valence-electron chi connectivity index (χ2n) is 4.42. The number of carbonyl (C=O) groups is 1. The lowest BCUT2D eigenvalue weighted by atomic mass is 10.0. The van der Waals surface area contributed by atoms with E-state index in [9.17, 15) is 4.79 Å². The molecule has 0 fully saturated rings. The molecule has 3 aromatic rings. The monoisotopic (exact) mass is 298 g/mol. The second-order valence-corrected chi connectivity index (χ2v) is 5.36. The Morgan fingerprint density at radius 3 is 2.67 bits per heavy atom. The number of furan rings is 1. The van der Waals surface area contributed by atoms with Gasteiger partial charge in [0.15, 0.2) is 0 Å². The summed E-state index contributed by atoms with van der Waals surface area (Å²) in [6.45, 7) is 2.13. The van der Waals surface area contributed by atoms with Gasteiger partial charge in [0.05, 0.1) is 12.2 Å². The van der Waals surface area contributed by atoms with Crippen molar-refractivity contribution >= 4 is 17.3 Å². The van der Waals surface area contributed by atoms with E-state index in [2.05, 4.69) is 0 Å². The lowest BCUT2D eigenvalue weighted by Gasteiger charge is -2.04. The highest BCUT2D eigenvalue weighted by atomic mass is 32.1. The molecule has 1 aromatic carbocycles. The standard InChI is InChI=1S/C17H14O3S/c1-2-19-17(18)13-11-20-16(12-7-4-3-5-8-12)15(13)14-9-6-10-21-14/h3-11H,2H2,1H3. The molecule has 0 bridgehead atoms. The number of esters is 1. The summed E-state index contributed by atoms with van der Waals surface area (Å²) in [4.78, 5) is 13.1. The highest BCUT2D eigenvalue weighted by Gasteiger charge is 2.23. The van der Waals surface area contributed by atoms with Crippen molar-refractivity contribution in [1.82, 2.24) is 0 Å². The largest absolute Gasteiger partial charge is 0.463 e. The van der Waals surface area contributed by atoms with Crippen LogP contribution in [0.4, 0.5) is 0 Å². The van der Waals surface area contributed by atoms with Crippen LogP contribution in [0.3, 0.4) is 0 Å². The minimum Gasteiger partial charge on any atom is -0.463 e. The maximum atomic E-state index is 12.1. The molecular formula is C17H14O3S. The molecule has 2 heterocycles. The Morgan fingerprint density at radius 2 is 2.00 bits per heavy atom. The number of hydrogen-bond donors (Lipinski definition) is 0. The smallest absolute Gasteiger partial charge is 0.342 e. The van der Waals surface area contributed by atoms with Gasteiger partial charge in [-0.3, -0.25) is 0 Å². The predicted molar refractivity (Wildman–Crippen MR) is 83.4 cm³/mol. The molecule has 0 spiro atoms. The van der Waals surface area contributed by atoms with Gasteiger partial charge in [-0.1, -0.05) is 36.4 Å². The Morgan fingerprint density at radius 1 is 1.19 bits per heavy atom. The zero-order valence-corrected chi connectivity index (χ0v) is 12.4. The summed E-state index contributed by atoms with van der Waals surface area (Å²) in [5.74, 6) is 0.341. The van der Waals surface area contributed by atoms with Crippen molar-refractivity contribution in [1.29, 1.82) is 0 Å². The third kappa shape index (κ3) is 2.62. The first-order valence-electron chi connectivity index (χ1n) is 6.69. The zero-order valence-electron chi connectivity index (χ0n) is 11.5. The number of rotatable bonds is 4. The number of hydrogen-bond acceptors (Lipinski definition) is 4. The summed E-state index contributed by atoms with van der Waals surface area (Å²) in [6.07, 6.45) is 1.48. The fourth-order valence-corrected chi connectivity index (χ4v) is 2.97. The molecule has 0 radical (unpaired) electrons. The minimum absolute atomic E-state index is 0.342. The van der Waals surface area contributed by atoms with Crippen molar-refractivity contribution in [3.8, 4) is 21.8 Å². The Bertz CT molecular complexity index is 727. The van der Waals surface area contributed by atoms with Crippen LogP contribution in [0.5, 0.6) is 0 Å². The first-order valence-corrected chi connectivity index (χ1v) is 7.57. The van der Waals surface area contributed by atoms with E-state index in [1.165, 1.54) is 6.26 Å². The zero-order chi connectivity index (χ0) is 14.7. The molecule has 0 amide bonds. The third-order valence-corrected chi connectivity index (χ3v) is 3.98. The van der Waals surface area contributed by atoms with Crippen LogP contribution in [0.25, 0.3) is 21.8 Å². The molecule has 0 aliphatic rings. The SMILES string of the molecule is CCOC(=O)c1coc(-c2ccccc2)c1-c1cccs1. The molecule has 0 aliphatic carbocycles. The van der Waals surface area contributed by atoms with Crippen LogP contribution in [0, 0.1) is 0 Å². The lowest BCUT2D eigenvalue weighted by molar-refractivity contribution is 0.0526. The van der Waals surface area contributed by atoms with Gasteiger partial charge in [0.25, 0.3) is 0 Å². The average Bonchev–Trinajstić information content (AvgIpc) is 3.17. The van der Waals surface area contributed by atoms with Crippen LogP contribution < -0.4 is 0 Å². The highest BCUT2D eigenvalue weighted by molar-refractivity contribution is 7.13. The molecule has 0 saturated heterocycles. The fourth-order valence-electron chi connectivity index (χ4n) is 2.18. The van der Waals surface area contributed by atoms with E-state index < -0.39 is 0 Å². The maximum Gasteiger partial charge on any atom is 0.342 e. The van der Waals surface area contributed by atoms with Crippen LogP contribution in [0.1, 0.15) is 17.3 Å². The Kier molecular flexibility index (Phi) is 3.88. The summed E-state index contributed by atoms with van der Waals surface area (Å²) in [7, 11) is 0. The van der Waals surface area contributed by atoms with Crippen LogP contribution >= 0.6 is 11.3 Å². The van der Waals surface area contributed by atoms with Gasteiger partial charge in [-0.15, -0.1) is 11.3 Å². The van der Waals surface area contributed by atoms with Gasteiger partial charge in [-0.2, -0.15) is 0 Å². The number of thiophene rings is 1. The van der Waals surface area contributed by atoms with Crippen molar-refractivity contribution in [2.24, 2.45) is 0 Å². The summed E-state index contributed by atoms with van der Waals surface area (Å²) < 4.78 is 10.8. The number of carbonyl (C=O) groups excluding carboxylic acids is 1. The van der Waals surface area contributed by atoms with Gasteiger partial charge < -0.3 is 9.15 Å². The molecule has 0 N–H and O–H groups in total. The highest BCUT2D eigenvalue weighted by Crippen LogP contribution is 2.39. The van der Waals surface area contributed by atoms with E-state index in [1.54, 1.807) is 18.3 Å². The van der Waals surface area contributed by atoms with Crippen molar-refractivity contribution in [2.45, 2.75) is 6.92 Å². The first-order chi connectivity index (χ1) is 10.3. The van der Waals surface area contributed by atoms with Gasteiger partial charge in [0, 0.05) is 10.4 Å². The molecular weight excluding hydrogens is 284 g/mol. The van der Waals surface area contributed by atoms with Crippen molar-refractivity contribution in [3.05, 3.63) is 59.7 Å². The van der Waals surface area contributed by atoms with E-state index in [-0.39, 0.29) is 5.97 Å². The molecule has 3 nitrogen and oxygen atoms in total. The van der Waals surface area contributed by atoms with E-state index >= 15 is 0 Å². The van der Waals surface area contributed by atoms with Gasteiger partial charge in [0.2, 0.25) is 0 Å². The maximum absolute atomic E-state index is 12.1. The van der Waals surface area contributed by atoms with Crippen LogP contribution in [-0.2, 0) is 4.74 Å². The molecule has 0 unspecified atom stereocenters. The number of ether oxygens (including phenoxy) is 1. The van der Waals surface area contributed by atoms with Crippen molar-refractivity contribution in [2.75, 3.05) is 6.61 Å². The fraction of sp³-hybridized carbons (Fsp3) is 0.118. The van der Waals surface area contributed by atoms with Crippen molar-refractivity contribution < 1.29 is 13.9 Å². The molecule has 0 aliphatic heterocycles. The molecule has 106 valence electrons. The van der Waals surface area contributed by atoms with Crippen LogP contribution in [0.15, 0.2) is 58.5 Å². The molecule has 3 rings (SSSR count). The quantitative estimate of drug-likeness (QED) is 0.646. The average molecular weight is 298 g/mol. The normalized spacial score (nSPS) is 10.5. The Labute approximate surface area is 126 Å². The van der Waals surface area contributed by atoms with E-state index in [0.29, 0.717) is 17.9 Å². The summed E-state index contributed by atoms with van der Waals surface area (Å²) >= 11 is 1.57.